The van der Waals surface area contributed by atoms with Crippen molar-refractivity contribution in [2.75, 3.05) is 49.6 Å². The van der Waals surface area contributed by atoms with E-state index in [2.05, 4.69) is 38.0 Å². The first-order chi connectivity index (χ1) is 15.2. The van der Waals surface area contributed by atoms with Crippen molar-refractivity contribution >= 4 is 47.3 Å². The highest BCUT2D eigenvalue weighted by atomic mass is 127. The molecule has 1 atom stereocenters. The zero-order valence-electron chi connectivity index (χ0n) is 18.3. The van der Waals surface area contributed by atoms with Gasteiger partial charge in [0.05, 0.1) is 19.8 Å². The second-order valence-corrected chi connectivity index (χ2v) is 7.70. The van der Waals surface area contributed by atoms with Crippen LogP contribution in [0, 0.1) is 0 Å². The summed E-state index contributed by atoms with van der Waals surface area (Å²) in [7, 11) is 0. The van der Waals surface area contributed by atoms with Crippen LogP contribution in [-0.4, -0.2) is 56.2 Å². The normalized spacial score (nSPS) is 18.3. The van der Waals surface area contributed by atoms with Crippen molar-refractivity contribution in [2.24, 2.45) is 4.99 Å². The maximum atomic E-state index is 12.1. The number of nitrogens with one attached hydrogen (secondary N) is 3. The first-order valence-electron chi connectivity index (χ1n) is 10.9. The van der Waals surface area contributed by atoms with Crippen molar-refractivity contribution in [2.45, 2.75) is 25.8 Å². The molecule has 0 radical (unpaired) electrons. The number of guanidine groups is 1. The summed E-state index contributed by atoms with van der Waals surface area (Å²) in [5, 5.41) is 9.69. The number of pyridine rings is 1. The predicted molar refractivity (Wildman–Crippen MR) is 138 cm³/mol. The van der Waals surface area contributed by atoms with Gasteiger partial charge in [-0.05, 0) is 24.6 Å². The minimum atomic E-state index is 0. The van der Waals surface area contributed by atoms with E-state index >= 15 is 0 Å². The molecule has 4 rings (SSSR count). The lowest BCUT2D eigenvalue weighted by molar-refractivity contribution is -0.116. The molecule has 8 nitrogen and oxygen atoms in total. The molecule has 0 saturated carbocycles. The summed E-state index contributed by atoms with van der Waals surface area (Å²) < 4.78 is 5.47. The van der Waals surface area contributed by atoms with Gasteiger partial charge in [-0.2, -0.15) is 0 Å². The van der Waals surface area contributed by atoms with E-state index in [1.54, 1.807) is 0 Å². The Morgan fingerprint density at radius 1 is 1.22 bits per heavy atom. The van der Waals surface area contributed by atoms with E-state index in [4.69, 9.17) is 9.73 Å². The number of hydrogen-bond acceptors (Lipinski definition) is 5. The number of aliphatic imine (C=N–C) groups is 1. The second-order valence-electron chi connectivity index (χ2n) is 7.70. The van der Waals surface area contributed by atoms with E-state index in [0.717, 1.165) is 61.4 Å². The zero-order chi connectivity index (χ0) is 21.5. The molecule has 1 amide bonds. The molecule has 172 valence electrons. The number of ether oxygens (including phenoxy) is 1. The standard InChI is InChI=1S/C23H30N6O2.HI/c1-2-24-23(27-16-18-14-21(30)28-20-8-4-3-7-19(18)20)26-15-17-6-5-9-25-22(17)29-10-12-31-13-11-29;/h3-9,18H,2,10-16H2,1H3,(H,28,30)(H2,24,26,27);1H. The Kier molecular flexibility index (Phi) is 9.10. The summed E-state index contributed by atoms with van der Waals surface area (Å²) >= 11 is 0. The monoisotopic (exact) mass is 550 g/mol. The number of morpholine rings is 1. The molecule has 2 aromatic rings. The maximum absolute atomic E-state index is 12.1. The molecule has 1 aromatic heterocycles. The first kappa shape index (κ1) is 24.2. The van der Waals surface area contributed by atoms with Gasteiger partial charge >= 0.3 is 0 Å². The molecule has 3 N–H and O–H groups in total. The van der Waals surface area contributed by atoms with Gasteiger partial charge in [-0.25, -0.2) is 9.98 Å². The molecule has 1 fully saturated rings. The zero-order valence-corrected chi connectivity index (χ0v) is 20.7. The van der Waals surface area contributed by atoms with E-state index in [1.165, 1.54) is 0 Å². The average Bonchev–Trinajstić information content (AvgIpc) is 2.81. The van der Waals surface area contributed by atoms with E-state index in [-0.39, 0.29) is 35.8 Å². The van der Waals surface area contributed by atoms with Crippen LogP contribution in [0.4, 0.5) is 11.5 Å². The minimum Gasteiger partial charge on any atom is -0.378 e. The summed E-state index contributed by atoms with van der Waals surface area (Å²) in [6, 6.07) is 12.0. The van der Waals surface area contributed by atoms with Gasteiger partial charge in [-0.3, -0.25) is 4.79 Å². The molecule has 2 aliphatic rings. The summed E-state index contributed by atoms with van der Waals surface area (Å²) in [6.45, 7) is 7.10. The molecular weight excluding hydrogens is 519 g/mol. The molecule has 32 heavy (non-hydrogen) atoms. The largest absolute Gasteiger partial charge is 0.378 e. The molecule has 0 spiro atoms. The summed E-state index contributed by atoms with van der Waals surface area (Å²) in [5.74, 6) is 1.88. The Morgan fingerprint density at radius 2 is 2.03 bits per heavy atom. The number of carbonyl (C=O) groups excluding carboxylic acids is 1. The second kappa shape index (κ2) is 12.0. The van der Waals surface area contributed by atoms with Crippen LogP contribution in [0.3, 0.4) is 0 Å². The highest BCUT2D eigenvalue weighted by molar-refractivity contribution is 14.0. The van der Waals surface area contributed by atoms with Crippen LogP contribution in [-0.2, 0) is 16.1 Å². The Labute approximate surface area is 206 Å². The molecule has 1 saturated heterocycles. The number of para-hydroxylation sites is 1. The number of halogens is 1. The molecule has 9 heteroatoms. The van der Waals surface area contributed by atoms with E-state index in [9.17, 15) is 4.79 Å². The lowest BCUT2D eigenvalue weighted by Gasteiger charge is -2.29. The van der Waals surface area contributed by atoms with Gasteiger partial charge in [0.2, 0.25) is 5.91 Å². The number of nitrogens with zero attached hydrogens (tertiary/aromatic N) is 3. The summed E-state index contributed by atoms with van der Waals surface area (Å²) in [6.07, 6.45) is 2.29. The molecule has 3 heterocycles. The van der Waals surface area contributed by atoms with Gasteiger partial charge in [0, 0.05) is 56.0 Å². The molecular formula is C23H31IN6O2. The maximum Gasteiger partial charge on any atom is 0.225 e. The summed E-state index contributed by atoms with van der Waals surface area (Å²) in [4.78, 5) is 23.7. The SMILES string of the molecule is CCNC(=NCc1cccnc1N1CCOCC1)NCC1CC(=O)Nc2ccccc21.I. The molecule has 1 aromatic carbocycles. The van der Waals surface area contributed by atoms with Crippen molar-refractivity contribution in [1.29, 1.82) is 0 Å². The first-order valence-corrected chi connectivity index (χ1v) is 10.9. The van der Waals surface area contributed by atoms with Gasteiger partial charge in [-0.1, -0.05) is 24.3 Å². The highest BCUT2D eigenvalue weighted by Crippen LogP contribution is 2.31. The molecule has 0 bridgehead atoms. The average molecular weight is 550 g/mol. The van der Waals surface area contributed by atoms with Crippen molar-refractivity contribution in [3.63, 3.8) is 0 Å². The van der Waals surface area contributed by atoms with E-state index < -0.39 is 0 Å². The Morgan fingerprint density at radius 3 is 2.84 bits per heavy atom. The lowest BCUT2D eigenvalue weighted by atomic mass is 9.90. The van der Waals surface area contributed by atoms with Gasteiger partial charge in [0.25, 0.3) is 0 Å². The molecule has 2 aliphatic heterocycles. The minimum absolute atomic E-state index is 0. The lowest BCUT2D eigenvalue weighted by Crippen LogP contribution is -2.40. The van der Waals surface area contributed by atoms with Crippen LogP contribution in [0.5, 0.6) is 0 Å². The predicted octanol–water partition coefficient (Wildman–Crippen LogP) is 2.72. The van der Waals surface area contributed by atoms with Crippen molar-refractivity contribution in [3.8, 4) is 0 Å². The Balaban J connectivity index is 0.00000289. The van der Waals surface area contributed by atoms with Crippen molar-refractivity contribution < 1.29 is 9.53 Å². The van der Waals surface area contributed by atoms with Crippen LogP contribution in [0.1, 0.15) is 30.4 Å². The van der Waals surface area contributed by atoms with Crippen LogP contribution in [0.15, 0.2) is 47.6 Å². The number of amides is 1. The number of fused-ring (bicyclic) bond motifs is 1. The van der Waals surface area contributed by atoms with Crippen LogP contribution in [0.2, 0.25) is 0 Å². The van der Waals surface area contributed by atoms with Crippen LogP contribution < -0.4 is 20.9 Å². The quantitative estimate of drug-likeness (QED) is 0.291. The topological polar surface area (TPSA) is 90.9 Å². The molecule has 1 unspecified atom stereocenters. The smallest absolute Gasteiger partial charge is 0.225 e. The fraction of sp³-hybridized carbons (Fsp3) is 0.435. The van der Waals surface area contributed by atoms with Gasteiger partial charge in [0.1, 0.15) is 5.82 Å². The highest BCUT2D eigenvalue weighted by Gasteiger charge is 2.24. The summed E-state index contributed by atoms with van der Waals surface area (Å²) in [5.41, 5.74) is 3.15. The third kappa shape index (κ3) is 6.10. The van der Waals surface area contributed by atoms with Crippen LogP contribution in [0.25, 0.3) is 0 Å². The fourth-order valence-corrected chi connectivity index (χ4v) is 4.02. The van der Waals surface area contributed by atoms with Crippen molar-refractivity contribution in [1.82, 2.24) is 15.6 Å². The van der Waals surface area contributed by atoms with Gasteiger partial charge in [-0.15, -0.1) is 24.0 Å². The van der Waals surface area contributed by atoms with E-state index in [1.807, 2.05) is 37.4 Å². The third-order valence-electron chi connectivity index (χ3n) is 5.55. The number of rotatable bonds is 6. The number of carbonyl (C=O) groups is 1. The number of benzene rings is 1. The number of aromatic nitrogens is 1. The molecule has 0 aliphatic carbocycles. The Hall–Kier alpha value is -2.40. The fourth-order valence-electron chi connectivity index (χ4n) is 4.02. The van der Waals surface area contributed by atoms with Crippen molar-refractivity contribution in [3.05, 3.63) is 53.7 Å². The van der Waals surface area contributed by atoms with Gasteiger partial charge < -0.3 is 25.6 Å². The van der Waals surface area contributed by atoms with Gasteiger partial charge in [0.15, 0.2) is 5.96 Å². The number of anilines is 2. The van der Waals surface area contributed by atoms with Crippen LogP contribution >= 0.6 is 24.0 Å². The third-order valence-corrected chi connectivity index (χ3v) is 5.55. The Bertz CT molecular complexity index is 932. The number of hydrogen-bond donors (Lipinski definition) is 3. The van der Waals surface area contributed by atoms with E-state index in [0.29, 0.717) is 19.5 Å².